The molecule has 0 aliphatic heterocycles. The Kier molecular flexibility index (Phi) is 4.72. The summed E-state index contributed by atoms with van der Waals surface area (Å²) in [6, 6.07) is 1.15. The molecule has 0 amide bonds. The van der Waals surface area contributed by atoms with Crippen LogP contribution in [-0.2, 0) is 9.53 Å². The van der Waals surface area contributed by atoms with Gasteiger partial charge in [-0.15, -0.1) is 0 Å². The highest BCUT2D eigenvalue weighted by molar-refractivity contribution is 6.76. The molecule has 23 heavy (non-hydrogen) atoms. The third-order valence-corrected chi connectivity index (χ3v) is 8.84. The van der Waals surface area contributed by atoms with Crippen LogP contribution in [0.1, 0.15) is 58.8 Å². The Morgan fingerprint density at radius 2 is 1.70 bits per heavy atom. The fraction of sp³-hybridized carbons (Fsp3) is 0.950. The molecule has 3 rings (SSSR count). The molecule has 132 valence electrons. The molecule has 0 saturated heterocycles. The molecule has 2 bridgehead atoms. The van der Waals surface area contributed by atoms with Crippen LogP contribution in [-0.4, -0.2) is 19.6 Å². The molecule has 0 N–H and O–H groups in total. The number of carbonyl (C=O) groups excluding carboxylic acids is 1. The van der Waals surface area contributed by atoms with E-state index in [-0.39, 0.29) is 17.5 Å². The number of fused-ring (bicyclic) bond motifs is 2. The average Bonchev–Trinajstić information content (AvgIpc) is 2.99. The Morgan fingerprint density at radius 1 is 1.04 bits per heavy atom. The van der Waals surface area contributed by atoms with E-state index in [1.807, 2.05) is 0 Å². The normalized spacial score (nSPS) is 39.4. The second kappa shape index (κ2) is 6.20. The lowest BCUT2D eigenvalue weighted by Gasteiger charge is -2.42. The molecule has 3 aliphatic rings. The fourth-order valence-corrected chi connectivity index (χ4v) is 8.34. The Bertz CT molecular complexity index is 445. The van der Waals surface area contributed by atoms with Crippen molar-refractivity contribution in [2.45, 2.75) is 90.1 Å². The number of hydrogen-bond acceptors (Lipinski definition) is 2. The molecule has 3 saturated carbocycles. The number of hydrogen-bond donors (Lipinski definition) is 0. The van der Waals surface area contributed by atoms with Gasteiger partial charge in [-0.25, -0.2) is 0 Å². The van der Waals surface area contributed by atoms with Crippen LogP contribution in [0.5, 0.6) is 0 Å². The van der Waals surface area contributed by atoms with Gasteiger partial charge in [0.15, 0.2) is 0 Å². The Balaban J connectivity index is 1.69. The number of carbonyl (C=O) groups is 1. The molecule has 0 radical (unpaired) electrons. The lowest BCUT2D eigenvalue weighted by atomic mass is 9.75. The lowest BCUT2D eigenvalue weighted by molar-refractivity contribution is -0.169. The van der Waals surface area contributed by atoms with Crippen LogP contribution in [0.15, 0.2) is 0 Å². The Labute approximate surface area is 143 Å². The zero-order valence-electron chi connectivity index (χ0n) is 15.9. The van der Waals surface area contributed by atoms with Crippen LogP contribution in [0.2, 0.25) is 25.7 Å². The first-order valence-electron chi connectivity index (χ1n) is 9.94. The second-order valence-electron chi connectivity index (χ2n) is 10.1. The predicted octanol–water partition coefficient (Wildman–Crippen LogP) is 5.50. The van der Waals surface area contributed by atoms with Gasteiger partial charge in [-0.1, -0.05) is 39.9 Å². The van der Waals surface area contributed by atoms with E-state index in [2.05, 4.69) is 33.5 Å². The summed E-state index contributed by atoms with van der Waals surface area (Å²) in [5, 5.41) is 0. The van der Waals surface area contributed by atoms with Gasteiger partial charge in [0.05, 0.1) is 5.92 Å². The van der Waals surface area contributed by atoms with Crippen molar-refractivity contribution in [2.75, 3.05) is 0 Å². The van der Waals surface area contributed by atoms with Gasteiger partial charge < -0.3 is 4.74 Å². The summed E-state index contributed by atoms with van der Waals surface area (Å²) in [7, 11) is -1.24. The van der Waals surface area contributed by atoms with Crippen molar-refractivity contribution in [3.63, 3.8) is 0 Å². The van der Waals surface area contributed by atoms with E-state index >= 15 is 0 Å². The highest BCUT2D eigenvalue weighted by Crippen LogP contribution is 2.55. The summed E-state index contributed by atoms with van der Waals surface area (Å²) in [5.74, 6) is 3.23. The Hall–Kier alpha value is -0.313. The fourth-order valence-electron chi connectivity index (χ4n) is 5.98. The van der Waals surface area contributed by atoms with Gasteiger partial charge >= 0.3 is 5.97 Å². The molecule has 0 aromatic heterocycles. The van der Waals surface area contributed by atoms with Gasteiger partial charge in [-0.3, -0.25) is 4.79 Å². The highest BCUT2D eigenvalue weighted by Gasteiger charge is 2.53. The predicted molar refractivity (Wildman–Crippen MR) is 98.1 cm³/mol. The minimum Gasteiger partial charge on any atom is -0.459 e. The maximum absolute atomic E-state index is 13.0. The SMILES string of the molecule is CC1C2CC(C(=O)OC3(C[Si](C)(C)C)CCCCC3)C(C2)C1C. The number of esters is 1. The molecule has 3 aliphatic carbocycles. The molecule has 3 fully saturated rings. The molecule has 0 aromatic carbocycles. The smallest absolute Gasteiger partial charge is 0.309 e. The van der Waals surface area contributed by atoms with E-state index in [1.54, 1.807) is 0 Å². The number of rotatable bonds is 4. The van der Waals surface area contributed by atoms with Crippen LogP contribution in [0.3, 0.4) is 0 Å². The van der Waals surface area contributed by atoms with Crippen molar-refractivity contribution in [2.24, 2.45) is 29.6 Å². The molecule has 0 heterocycles. The monoisotopic (exact) mass is 336 g/mol. The maximum atomic E-state index is 13.0. The van der Waals surface area contributed by atoms with Gasteiger partial charge in [0.1, 0.15) is 5.60 Å². The summed E-state index contributed by atoms with van der Waals surface area (Å²) in [5.41, 5.74) is -0.115. The first kappa shape index (κ1) is 17.5. The van der Waals surface area contributed by atoms with Crippen LogP contribution < -0.4 is 0 Å². The largest absolute Gasteiger partial charge is 0.459 e. The second-order valence-corrected chi connectivity index (χ2v) is 15.6. The van der Waals surface area contributed by atoms with Crippen molar-refractivity contribution in [3.8, 4) is 0 Å². The zero-order valence-corrected chi connectivity index (χ0v) is 16.9. The molecule has 0 aromatic rings. The van der Waals surface area contributed by atoms with Gasteiger partial charge in [-0.05, 0) is 68.2 Å². The lowest BCUT2D eigenvalue weighted by Crippen LogP contribution is -2.45. The van der Waals surface area contributed by atoms with E-state index < -0.39 is 8.07 Å². The zero-order chi connectivity index (χ0) is 16.8. The first-order chi connectivity index (χ1) is 10.7. The highest BCUT2D eigenvalue weighted by atomic mass is 28.3. The molecule has 3 heteroatoms. The van der Waals surface area contributed by atoms with E-state index in [0.29, 0.717) is 11.8 Å². The quantitative estimate of drug-likeness (QED) is 0.500. The average molecular weight is 337 g/mol. The number of ether oxygens (including phenoxy) is 1. The van der Waals surface area contributed by atoms with Gasteiger partial charge in [0.25, 0.3) is 0 Å². The van der Waals surface area contributed by atoms with Crippen molar-refractivity contribution in [1.29, 1.82) is 0 Å². The summed E-state index contributed by atoms with van der Waals surface area (Å²) in [4.78, 5) is 13.0. The minimum atomic E-state index is -1.24. The van der Waals surface area contributed by atoms with E-state index in [9.17, 15) is 4.79 Å². The van der Waals surface area contributed by atoms with E-state index in [1.165, 1.54) is 25.7 Å². The molecular weight excluding hydrogens is 300 g/mol. The maximum Gasteiger partial charge on any atom is 0.309 e. The van der Waals surface area contributed by atoms with Gasteiger partial charge in [0.2, 0.25) is 0 Å². The van der Waals surface area contributed by atoms with Crippen molar-refractivity contribution < 1.29 is 9.53 Å². The van der Waals surface area contributed by atoms with E-state index in [0.717, 1.165) is 37.1 Å². The summed E-state index contributed by atoms with van der Waals surface area (Å²) >= 11 is 0. The Morgan fingerprint density at radius 3 is 2.22 bits per heavy atom. The third-order valence-electron chi connectivity index (χ3n) is 7.13. The molecule has 2 nitrogen and oxygen atoms in total. The molecule has 5 unspecified atom stereocenters. The van der Waals surface area contributed by atoms with Crippen molar-refractivity contribution in [1.82, 2.24) is 0 Å². The topological polar surface area (TPSA) is 26.3 Å². The minimum absolute atomic E-state index is 0.115. The molecule has 5 atom stereocenters. The van der Waals surface area contributed by atoms with Crippen LogP contribution in [0, 0.1) is 29.6 Å². The standard InChI is InChI=1S/C20H36O2Si/c1-14-15(2)17-11-16(14)12-18(17)19(21)22-20(13-23(3,4)5)9-7-6-8-10-20/h14-18H,6-13H2,1-5H3. The van der Waals surface area contributed by atoms with Crippen molar-refractivity contribution in [3.05, 3.63) is 0 Å². The third kappa shape index (κ3) is 3.55. The first-order valence-corrected chi connectivity index (χ1v) is 13.6. The van der Waals surface area contributed by atoms with E-state index in [4.69, 9.17) is 4.74 Å². The molecular formula is C20H36O2Si. The van der Waals surface area contributed by atoms with Crippen LogP contribution in [0.25, 0.3) is 0 Å². The summed E-state index contributed by atoms with van der Waals surface area (Å²) < 4.78 is 6.37. The van der Waals surface area contributed by atoms with Crippen LogP contribution in [0.4, 0.5) is 0 Å². The summed E-state index contributed by atoms with van der Waals surface area (Å²) in [6.45, 7) is 12.0. The van der Waals surface area contributed by atoms with Gasteiger partial charge in [-0.2, -0.15) is 0 Å². The van der Waals surface area contributed by atoms with Gasteiger partial charge in [0, 0.05) is 8.07 Å². The molecule has 0 spiro atoms. The van der Waals surface area contributed by atoms with Crippen molar-refractivity contribution >= 4 is 14.0 Å². The summed E-state index contributed by atoms with van der Waals surface area (Å²) in [6.07, 6.45) is 8.37. The van der Waals surface area contributed by atoms with Crippen LogP contribution >= 0.6 is 0 Å².